The Morgan fingerprint density at radius 1 is 0.941 bits per heavy atom. The molecule has 7 heteroatoms. The number of nitrogens with zero attached hydrogens (tertiary/aromatic N) is 2. The molecule has 1 heterocycles. The van der Waals surface area contributed by atoms with Crippen LogP contribution in [0.5, 0.6) is 0 Å². The topological polar surface area (TPSA) is 76.0 Å². The maximum Gasteiger partial charge on any atom is 0.338 e. The molecule has 0 spiro atoms. The van der Waals surface area contributed by atoms with E-state index < -0.39 is 16.0 Å². The molecule has 0 atom stereocenters. The third-order valence-corrected chi connectivity index (χ3v) is 7.07. The largest absolute Gasteiger partial charge is 0.460 e. The Kier molecular flexibility index (Phi) is 6.32. The first kappa shape index (κ1) is 23.7. The molecule has 0 aliphatic carbocycles. The van der Waals surface area contributed by atoms with Gasteiger partial charge in [-0.3, -0.25) is 0 Å². The van der Waals surface area contributed by atoms with Crippen LogP contribution in [0, 0.1) is 6.92 Å². The molecule has 0 saturated heterocycles. The van der Waals surface area contributed by atoms with E-state index in [1.807, 2.05) is 43.3 Å². The van der Waals surface area contributed by atoms with Crippen LogP contribution in [0.4, 0.5) is 5.69 Å². The smallest absolute Gasteiger partial charge is 0.338 e. The molecule has 3 aromatic rings. The number of carbonyl (C=O) groups excluding carboxylic acids is 1. The van der Waals surface area contributed by atoms with Crippen molar-refractivity contribution in [2.24, 2.45) is 4.40 Å². The zero-order chi connectivity index (χ0) is 24.5. The van der Waals surface area contributed by atoms with Gasteiger partial charge in [0.25, 0.3) is 10.0 Å². The molecule has 0 amide bonds. The second kappa shape index (κ2) is 9.06. The fraction of sp³-hybridized carbons (Fsp3) is 0.259. The Morgan fingerprint density at radius 3 is 2.24 bits per heavy atom. The zero-order valence-electron chi connectivity index (χ0n) is 19.8. The van der Waals surface area contributed by atoms with Gasteiger partial charge in [0, 0.05) is 11.3 Å². The van der Waals surface area contributed by atoms with Crippen LogP contribution >= 0.6 is 0 Å². The maximum atomic E-state index is 12.6. The van der Waals surface area contributed by atoms with Gasteiger partial charge in [0.05, 0.1) is 12.1 Å². The van der Waals surface area contributed by atoms with Crippen molar-refractivity contribution in [2.75, 3.05) is 18.1 Å². The molecule has 1 aliphatic rings. The first-order valence-electron chi connectivity index (χ1n) is 11.1. The number of amidine groups is 1. The highest BCUT2D eigenvalue weighted by atomic mass is 32.2. The minimum atomic E-state index is -3.78. The maximum absolute atomic E-state index is 12.6. The molecule has 0 saturated carbocycles. The number of rotatable bonds is 5. The lowest BCUT2D eigenvalue weighted by atomic mass is 9.87. The van der Waals surface area contributed by atoms with Gasteiger partial charge < -0.3 is 9.64 Å². The number of esters is 1. The summed E-state index contributed by atoms with van der Waals surface area (Å²) in [6.07, 6.45) is 0. The van der Waals surface area contributed by atoms with Gasteiger partial charge in [0.2, 0.25) is 0 Å². The van der Waals surface area contributed by atoms with Crippen LogP contribution in [0.1, 0.15) is 47.8 Å². The zero-order valence-corrected chi connectivity index (χ0v) is 20.6. The molecule has 34 heavy (non-hydrogen) atoms. The Bertz CT molecular complexity index is 1340. The normalized spacial score (nSPS) is 14.3. The van der Waals surface area contributed by atoms with E-state index in [4.69, 9.17) is 4.74 Å². The molecular weight excluding hydrogens is 448 g/mol. The number of fused-ring (bicyclic) bond motifs is 1. The number of hydrogen-bond acceptors (Lipinski definition) is 5. The Labute approximate surface area is 201 Å². The first-order valence-corrected chi connectivity index (χ1v) is 12.6. The van der Waals surface area contributed by atoms with E-state index in [2.05, 4.69) is 25.2 Å². The lowest BCUT2D eigenvalue weighted by Gasteiger charge is -2.25. The Hall–Kier alpha value is -3.45. The predicted molar refractivity (Wildman–Crippen MR) is 134 cm³/mol. The van der Waals surface area contributed by atoms with E-state index >= 15 is 0 Å². The quantitative estimate of drug-likeness (QED) is 0.479. The number of ether oxygens (including phenoxy) is 1. The van der Waals surface area contributed by atoms with Crippen molar-refractivity contribution in [1.82, 2.24) is 0 Å². The molecule has 0 N–H and O–H groups in total. The average Bonchev–Trinajstić information content (AvgIpc) is 3.08. The fourth-order valence-electron chi connectivity index (χ4n) is 3.78. The van der Waals surface area contributed by atoms with E-state index in [0.29, 0.717) is 17.0 Å². The van der Waals surface area contributed by atoms with Crippen LogP contribution in [0.2, 0.25) is 0 Å². The highest BCUT2D eigenvalue weighted by molar-refractivity contribution is 7.90. The standard InChI is InChI=1S/C27H28N2O4S/c1-19-9-15-22(16-10-19)29(25-23-7-5-6-8-24(23)34(31,32)28-25)17-18-33-26(30)20-11-13-21(14-12-20)27(2,3)4/h5-16H,17-18H2,1-4H3. The van der Waals surface area contributed by atoms with Gasteiger partial charge in [-0.05, 0) is 54.3 Å². The predicted octanol–water partition coefficient (Wildman–Crippen LogP) is 5.11. The number of carbonyl (C=O) groups is 1. The van der Waals surface area contributed by atoms with Crippen molar-refractivity contribution in [2.45, 2.75) is 38.0 Å². The van der Waals surface area contributed by atoms with Crippen LogP contribution in [-0.4, -0.2) is 33.4 Å². The summed E-state index contributed by atoms with van der Waals surface area (Å²) in [6.45, 7) is 8.64. The summed E-state index contributed by atoms with van der Waals surface area (Å²) >= 11 is 0. The molecule has 0 fully saturated rings. The van der Waals surface area contributed by atoms with E-state index in [0.717, 1.165) is 16.8 Å². The van der Waals surface area contributed by atoms with Gasteiger partial charge in [-0.1, -0.05) is 62.7 Å². The van der Waals surface area contributed by atoms with Crippen molar-refractivity contribution >= 4 is 27.5 Å². The van der Waals surface area contributed by atoms with Crippen LogP contribution < -0.4 is 4.90 Å². The minimum absolute atomic E-state index is 0.00436. The number of sulfonamides is 1. The Morgan fingerprint density at radius 2 is 1.59 bits per heavy atom. The fourth-order valence-corrected chi connectivity index (χ4v) is 5.00. The van der Waals surface area contributed by atoms with Crippen LogP contribution in [-0.2, 0) is 20.2 Å². The highest BCUT2D eigenvalue weighted by Gasteiger charge is 2.32. The molecule has 4 rings (SSSR count). The lowest BCUT2D eigenvalue weighted by Crippen LogP contribution is -2.34. The third kappa shape index (κ3) is 4.89. The summed E-state index contributed by atoms with van der Waals surface area (Å²) in [6, 6.07) is 21.8. The van der Waals surface area contributed by atoms with Crippen LogP contribution in [0.15, 0.2) is 82.1 Å². The molecule has 0 bridgehead atoms. The summed E-state index contributed by atoms with van der Waals surface area (Å²) in [4.78, 5) is 14.6. The van der Waals surface area contributed by atoms with Gasteiger partial charge in [-0.15, -0.1) is 4.40 Å². The van der Waals surface area contributed by atoms with E-state index in [-0.39, 0.29) is 23.5 Å². The Balaban J connectivity index is 1.55. The second-order valence-electron chi connectivity index (χ2n) is 9.34. The van der Waals surface area contributed by atoms with Crippen molar-refractivity contribution < 1.29 is 17.9 Å². The van der Waals surface area contributed by atoms with Crippen molar-refractivity contribution in [3.05, 3.63) is 95.1 Å². The first-order chi connectivity index (χ1) is 16.1. The number of benzene rings is 3. The molecule has 0 aromatic heterocycles. The monoisotopic (exact) mass is 476 g/mol. The lowest BCUT2D eigenvalue weighted by molar-refractivity contribution is 0.0517. The van der Waals surface area contributed by atoms with Gasteiger partial charge in [-0.2, -0.15) is 8.42 Å². The molecular formula is C27H28N2O4S. The van der Waals surface area contributed by atoms with Crippen LogP contribution in [0.25, 0.3) is 0 Å². The van der Waals surface area contributed by atoms with Gasteiger partial charge in [0.1, 0.15) is 11.5 Å². The second-order valence-corrected chi connectivity index (χ2v) is 10.9. The molecule has 0 unspecified atom stereocenters. The average molecular weight is 477 g/mol. The van der Waals surface area contributed by atoms with Crippen molar-refractivity contribution in [1.29, 1.82) is 0 Å². The molecule has 176 valence electrons. The summed E-state index contributed by atoms with van der Waals surface area (Å²) in [5.41, 5.74) is 3.98. The molecule has 6 nitrogen and oxygen atoms in total. The van der Waals surface area contributed by atoms with Gasteiger partial charge in [0.15, 0.2) is 5.84 Å². The molecule has 3 aromatic carbocycles. The van der Waals surface area contributed by atoms with E-state index in [1.165, 1.54) is 0 Å². The number of anilines is 1. The number of hydrogen-bond donors (Lipinski definition) is 0. The van der Waals surface area contributed by atoms with E-state index in [9.17, 15) is 13.2 Å². The SMILES string of the molecule is Cc1ccc(N(CCOC(=O)c2ccc(C(C)(C)C)cc2)C2=NS(=O)(=O)c3ccccc32)cc1. The molecule has 1 aliphatic heterocycles. The third-order valence-electron chi connectivity index (χ3n) is 5.75. The van der Waals surface area contributed by atoms with Crippen molar-refractivity contribution in [3.63, 3.8) is 0 Å². The van der Waals surface area contributed by atoms with Gasteiger partial charge >= 0.3 is 5.97 Å². The van der Waals surface area contributed by atoms with Crippen molar-refractivity contribution in [3.8, 4) is 0 Å². The highest BCUT2D eigenvalue weighted by Crippen LogP contribution is 2.30. The van der Waals surface area contributed by atoms with Crippen LogP contribution in [0.3, 0.4) is 0 Å². The number of aryl methyl sites for hydroxylation is 1. The van der Waals surface area contributed by atoms with Gasteiger partial charge in [-0.25, -0.2) is 4.79 Å². The minimum Gasteiger partial charge on any atom is -0.460 e. The molecule has 0 radical (unpaired) electrons. The summed E-state index contributed by atoms with van der Waals surface area (Å²) in [7, 11) is -3.78. The van der Waals surface area contributed by atoms with E-state index in [1.54, 1.807) is 41.3 Å². The summed E-state index contributed by atoms with van der Waals surface area (Å²) in [5, 5.41) is 0. The summed E-state index contributed by atoms with van der Waals surface area (Å²) < 4.78 is 34.8. The summed E-state index contributed by atoms with van der Waals surface area (Å²) in [5.74, 6) is -0.101.